The second-order valence-corrected chi connectivity index (χ2v) is 7.71. The number of hydrogen-bond acceptors (Lipinski definition) is 4. The van der Waals surface area contributed by atoms with Crippen LogP contribution >= 0.6 is 15.9 Å². The van der Waals surface area contributed by atoms with Gasteiger partial charge in [-0.2, -0.15) is 0 Å². The first-order valence-electron chi connectivity index (χ1n) is 9.06. The molecule has 5 nitrogen and oxygen atoms in total. The number of nitrogens with one attached hydrogen (secondary N) is 2. The van der Waals surface area contributed by atoms with Crippen LogP contribution in [-0.2, 0) is 4.79 Å². The summed E-state index contributed by atoms with van der Waals surface area (Å²) in [5, 5.41) is 7.24. The lowest BCUT2D eigenvalue weighted by Crippen LogP contribution is -2.29. The van der Waals surface area contributed by atoms with Crippen LogP contribution in [0, 0.1) is 5.92 Å². The minimum absolute atomic E-state index is 0.0779. The monoisotopic (exact) mass is 426 g/mol. The van der Waals surface area contributed by atoms with Gasteiger partial charge in [0, 0.05) is 34.9 Å². The van der Waals surface area contributed by atoms with E-state index in [4.69, 9.17) is 9.97 Å². The Morgan fingerprint density at radius 2 is 1.89 bits per heavy atom. The molecule has 27 heavy (non-hydrogen) atoms. The van der Waals surface area contributed by atoms with Crippen LogP contribution in [0.2, 0.25) is 0 Å². The summed E-state index contributed by atoms with van der Waals surface area (Å²) in [5.74, 6) is 1.88. The molecule has 0 fully saturated rings. The Morgan fingerprint density at radius 3 is 2.67 bits per heavy atom. The minimum Gasteiger partial charge on any atom is -0.368 e. The molecule has 1 heterocycles. The molecule has 1 amide bonds. The predicted molar refractivity (Wildman–Crippen MR) is 114 cm³/mol. The van der Waals surface area contributed by atoms with E-state index in [1.807, 2.05) is 62.4 Å². The number of nitrogens with zero attached hydrogens (tertiary/aromatic N) is 2. The van der Waals surface area contributed by atoms with E-state index in [9.17, 15) is 4.79 Å². The summed E-state index contributed by atoms with van der Waals surface area (Å²) in [7, 11) is 0. The van der Waals surface area contributed by atoms with Gasteiger partial charge in [-0.05, 0) is 30.2 Å². The Balaban J connectivity index is 1.78. The Hall–Kier alpha value is -2.47. The summed E-state index contributed by atoms with van der Waals surface area (Å²) in [6, 6.07) is 15.9. The highest BCUT2D eigenvalue weighted by Gasteiger charge is 2.10. The first-order valence-corrected chi connectivity index (χ1v) is 9.85. The number of carbonyl (C=O) groups excluding carboxylic acids is 1. The molecule has 3 aromatic rings. The van der Waals surface area contributed by atoms with Crippen molar-refractivity contribution in [1.29, 1.82) is 0 Å². The van der Waals surface area contributed by atoms with E-state index in [0.29, 0.717) is 31.3 Å². The quantitative estimate of drug-likeness (QED) is 0.540. The minimum atomic E-state index is 0.0779. The zero-order valence-electron chi connectivity index (χ0n) is 15.5. The largest absolute Gasteiger partial charge is 0.368 e. The van der Waals surface area contributed by atoms with Gasteiger partial charge in [0.25, 0.3) is 0 Å². The van der Waals surface area contributed by atoms with Crippen LogP contribution in [0.1, 0.15) is 20.3 Å². The molecule has 0 unspecified atom stereocenters. The molecular weight excluding hydrogens is 404 g/mol. The molecule has 0 aliphatic heterocycles. The molecule has 0 saturated carbocycles. The number of benzene rings is 2. The number of hydrogen-bond donors (Lipinski definition) is 2. The van der Waals surface area contributed by atoms with Gasteiger partial charge < -0.3 is 10.6 Å². The van der Waals surface area contributed by atoms with Crippen molar-refractivity contribution < 1.29 is 4.79 Å². The summed E-state index contributed by atoms with van der Waals surface area (Å²) < 4.78 is 0.985. The molecule has 0 bridgehead atoms. The van der Waals surface area contributed by atoms with Crippen LogP contribution in [-0.4, -0.2) is 29.0 Å². The fraction of sp³-hybridized carbons (Fsp3) is 0.286. The summed E-state index contributed by atoms with van der Waals surface area (Å²) in [6.07, 6.45) is 0.545. The van der Waals surface area contributed by atoms with Gasteiger partial charge in [0.1, 0.15) is 5.82 Å². The van der Waals surface area contributed by atoms with E-state index >= 15 is 0 Å². The van der Waals surface area contributed by atoms with Gasteiger partial charge in [0.05, 0.1) is 5.52 Å². The van der Waals surface area contributed by atoms with Gasteiger partial charge in [-0.15, -0.1) is 0 Å². The number of amides is 1. The van der Waals surface area contributed by atoms with Crippen LogP contribution in [0.3, 0.4) is 0 Å². The average molecular weight is 427 g/mol. The molecule has 0 radical (unpaired) electrons. The summed E-state index contributed by atoms with van der Waals surface area (Å²) in [4.78, 5) is 21.2. The third-order valence-corrected chi connectivity index (χ3v) is 4.51. The van der Waals surface area contributed by atoms with Crippen molar-refractivity contribution >= 4 is 38.6 Å². The molecule has 1 aromatic heterocycles. The zero-order chi connectivity index (χ0) is 19.2. The van der Waals surface area contributed by atoms with E-state index in [-0.39, 0.29) is 5.91 Å². The highest BCUT2D eigenvalue weighted by molar-refractivity contribution is 9.10. The SMILES string of the molecule is CC(C)CC(=O)NCCNc1nc(-c2cccc(Br)c2)nc2ccccc12. The molecule has 140 valence electrons. The number of halogens is 1. The number of fused-ring (bicyclic) bond motifs is 1. The van der Waals surface area contributed by atoms with E-state index < -0.39 is 0 Å². The lowest BCUT2D eigenvalue weighted by molar-refractivity contribution is -0.121. The van der Waals surface area contributed by atoms with Crippen molar-refractivity contribution in [2.45, 2.75) is 20.3 Å². The number of anilines is 1. The van der Waals surface area contributed by atoms with Gasteiger partial charge in [0.15, 0.2) is 5.82 Å². The predicted octanol–water partition coefficient (Wildman–Crippen LogP) is 4.63. The second kappa shape index (κ2) is 8.95. The Kier molecular flexibility index (Phi) is 6.40. The molecule has 0 aliphatic carbocycles. The molecule has 2 N–H and O–H groups in total. The summed E-state index contributed by atoms with van der Waals surface area (Å²) in [5.41, 5.74) is 1.83. The Labute approximate surface area is 167 Å². The van der Waals surface area contributed by atoms with Gasteiger partial charge in [-0.25, -0.2) is 9.97 Å². The third kappa shape index (κ3) is 5.26. The van der Waals surface area contributed by atoms with Crippen molar-refractivity contribution in [3.05, 3.63) is 53.0 Å². The van der Waals surface area contributed by atoms with Crippen LogP contribution < -0.4 is 10.6 Å². The number of aromatic nitrogens is 2. The van der Waals surface area contributed by atoms with Gasteiger partial charge in [-0.3, -0.25) is 4.79 Å². The smallest absolute Gasteiger partial charge is 0.220 e. The lowest BCUT2D eigenvalue weighted by atomic mass is 10.1. The maximum absolute atomic E-state index is 11.8. The van der Waals surface area contributed by atoms with E-state index in [0.717, 1.165) is 26.8 Å². The number of rotatable bonds is 7. The topological polar surface area (TPSA) is 66.9 Å². The molecular formula is C21H23BrN4O. The molecule has 0 aliphatic rings. The average Bonchev–Trinajstić information content (AvgIpc) is 2.64. The fourth-order valence-corrected chi connectivity index (χ4v) is 3.19. The molecule has 0 spiro atoms. The molecule has 0 atom stereocenters. The number of para-hydroxylation sites is 1. The van der Waals surface area contributed by atoms with E-state index in [1.54, 1.807) is 0 Å². The number of carbonyl (C=O) groups is 1. The van der Waals surface area contributed by atoms with Gasteiger partial charge in [-0.1, -0.05) is 54.0 Å². The van der Waals surface area contributed by atoms with Crippen molar-refractivity contribution in [3.63, 3.8) is 0 Å². The highest BCUT2D eigenvalue weighted by atomic mass is 79.9. The van der Waals surface area contributed by atoms with Crippen molar-refractivity contribution in [3.8, 4) is 11.4 Å². The molecule has 2 aromatic carbocycles. The van der Waals surface area contributed by atoms with Gasteiger partial charge >= 0.3 is 0 Å². The Morgan fingerprint density at radius 1 is 1.07 bits per heavy atom. The van der Waals surface area contributed by atoms with Crippen LogP contribution in [0.4, 0.5) is 5.82 Å². The van der Waals surface area contributed by atoms with Gasteiger partial charge in [0.2, 0.25) is 5.91 Å². The lowest BCUT2D eigenvalue weighted by Gasteiger charge is -2.12. The maximum atomic E-state index is 11.8. The molecule has 6 heteroatoms. The van der Waals surface area contributed by atoms with E-state index in [2.05, 4.69) is 26.6 Å². The van der Waals surface area contributed by atoms with Crippen molar-refractivity contribution in [2.24, 2.45) is 5.92 Å². The summed E-state index contributed by atoms with van der Waals surface area (Å²) >= 11 is 3.50. The van der Waals surface area contributed by atoms with Crippen LogP contribution in [0.25, 0.3) is 22.3 Å². The fourth-order valence-electron chi connectivity index (χ4n) is 2.79. The Bertz CT molecular complexity index is 942. The van der Waals surface area contributed by atoms with Crippen molar-refractivity contribution in [2.75, 3.05) is 18.4 Å². The normalized spacial score (nSPS) is 11.0. The standard InChI is InChI=1S/C21H23BrN4O/c1-14(2)12-19(27)23-10-11-24-21-17-8-3-4-9-18(17)25-20(26-21)15-6-5-7-16(22)13-15/h3-9,13-14H,10-12H2,1-2H3,(H,23,27)(H,24,25,26). The molecule has 3 rings (SSSR count). The third-order valence-electron chi connectivity index (χ3n) is 4.02. The molecule has 0 saturated heterocycles. The maximum Gasteiger partial charge on any atom is 0.220 e. The highest BCUT2D eigenvalue weighted by Crippen LogP contribution is 2.26. The zero-order valence-corrected chi connectivity index (χ0v) is 17.1. The first kappa shape index (κ1) is 19.3. The summed E-state index contributed by atoms with van der Waals surface area (Å²) in [6.45, 7) is 5.22. The second-order valence-electron chi connectivity index (χ2n) is 6.80. The van der Waals surface area contributed by atoms with Crippen LogP contribution in [0.5, 0.6) is 0 Å². The van der Waals surface area contributed by atoms with Crippen molar-refractivity contribution in [1.82, 2.24) is 15.3 Å². The van der Waals surface area contributed by atoms with E-state index in [1.165, 1.54) is 0 Å². The first-order chi connectivity index (χ1) is 13.0. The van der Waals surface area contributed by atoms with Crippen LogP contribution in [0.15, 0.2) is 53.0 Å².